The lowest BCUT2D eigenvalue weighted by Gasteiger charge is -2.19. The van der Waals surface area contributed by atoms with Crippen molar-refractivity contribution in [3.05, 3.63) is 48.5 Å². The Labute approximate surface area is 181 Å². The van der Waals surface area contributed by atoms with Crippen LogP contribution < -0.4 is 11.2 Å². The maximum Gasteiger partial charge on any atom is 0.407 e. The van der Waals surface area contributed by atoms with Crippen molar-refractivity contribution in [2.45, 2.75) is 52.2 Å². The second kappa shape index (κ2) is 9.94. The molecule has 0 bridgehead atoms. The number of fused-ring (bicyclic) bond motifs is 1. The Kier molecular flexibility index (Phi) is 7.33. The van der Waals surface area contributed by atoms with Crippen LogP contribution in [0.5, 0.6) is 0 Å². The topological polar surface area (TPSA) is 113 Å². The molecule has 0 atom stereocenters. The number of aromatic amines is 1. The van der Waals surface area contributed by atoms with E-state index in [1.54, 1.807) is 0 Å². The van der Waals surface area contributed by atoms with Gasteiger partial charge in [0.15, 0.2) is 11.2 Å². The number of nitrogens with zero attached hydrogens (tertiary/aromatic N) is 4. The first-order chi connectivity index (χ1) is 14.4. The van der Waals surface area contributed by atoms with Gasteiger partial charge in [-0.15, -0.1) is 0 Å². The first kappa shape index (κ1) is 22.1. The van der Waals surface area contributed by atoms with Crippen molar-refractivity contribution >= 4 is 40.2 Å². The smallest absolute Gasteiger partial charge is 0.407 e. The van der Waals surface area contributed by atoms with Crippen molar-refractivity contribution in [1.82, 2.24) is 24.0 Å². The van der Waals surface area contributed by atoms with Gasteiger partial charge in [0.1, 0.15) is 0 Å². The number of carbonyl (C=O) groups is 1. The SMILES string of the molecule is CCCCCn1c(=O)n(CCCN(Cc2ccsc2)C(=O)O)c(=O)c2[nH]c(Cl)nc21. The number of amides is 1. The minimum Gasteiger partial charge on any atom is -0.465 e. The number of thiophene rings is 1. The molecule has 2 N–H and O–H groups in total. The molecule has 3 aromatic heterocycles. The molecule has 0 radical (unpaired) electrons. The molecule has 0 saturated heterocycles. The fourth-order valence-electron chi connectivity index (χ4n) is 3.32. The Morgan fingerprint density at radius 3 is 2.70 bits per heavy atom. The predicted molar refractivity (Wildman–Crippen MR) is 117 cm³/mol. The van der Waals surface area contributed by atoms with Gasteiger partial charge in [-0.05, 0) is 46.8 Å². The summed E-state index contributed by atoms with van der Waals surface area (Å²) in [7, 11) is 0. The number of imidazole rings is 1. The minimum absolute atomic E-state index is 0.0521. The zero-order valence-corrected chi connectivity index (χ0v) is 18.2. The zero-order chi connectivity index (χ0) is 21.7. The van der Waals surface area contributed by atoms with Crippen molar-refractivity contribution in [3.8, 4) is 0 Å². The highest BCUT2D eigenvalue weighted by Crippen LogP contribution is 2.12. The molecule has 0 saturated carbocycles. The van der Waals surface area contributed by atoms with Crippen LogP contribution in [0.2, 0.25) is 5.28 Å². The second-order valence-corrected chi connectivity index (χ2v) is 8.15. The van der Waals surface area contributed by atoms with Crippen molar-refractivity contribution in [1.29, 1.82) is 0 Å². The lowest BCUT2D eigenvalue weighted by Crippen LogP contribution is -2.41. The number of aryl methyl sites for hydroxylation is 1. The number of nitrogens with one attached hydrogen (secondary N) is 1. The van der Waals surface area contributed by atoms with E-state index in [0.29, 0.717) is 13.0 Å². The van der Waals surface area contributed by atoms with Crippen LogP contribution >= 0.6 is 22.9 Å². The lowest BCUT2D eigenvalue weighted by atomic mass is 10.2. The van der Waals surface area contributed by atoms with Gasteiger partial charge in [0.05, 0.1) is 0 Å². The van der Waals surface area contributed by atoms with Gasteiger partial charge in [0.2, 0.25) is 5.28 Å². The summed E-state index contributed by atoms with van der Waals surface area (Å²) in [6.45, 7) is 3.07. The number of hydrogen-bond donors (Lipinski definition) is 2. The van der Waals surface area contributed by atoms with E-state index in [1.807, 2.05) is 16.8 Å². The Morgan fingerprint density at radius 2 is 2.03 bits per heavy atom. The van der Waals surface area contributed by atoms with E-state index < -0.39 is 17.3 Å². The zero-order valence-electron chi connectivity index (χ0n) is 16.6. The lowest BCUT2D eigenvalue weighted by molar-refractivity contribution is 0.141. The van der Waals surface area contributed by atoms with Crippen LogP contribution in [0.1, 0.15) is 38.2 Å². The van der Waals surface area contributed by atoms with Gasteiger partial charge in [0.25, 0.3) is 5.56 Å². The third-order valence-electron chi connectivity index (χ3n) is 4.85. The highest BCUT2D eigenvalue weighted by Gasteiger charge is 2.18. The average Bonchev–Trinajstić information content (AvgIpc) is 3.35. The highest BCUT2D eigenvalue weighted by molar-refractivity contribution is 7.07. The molecule has 0 fully saturated rings. The number of rotatable bonds is 10. The molecule has 0 spiro atoms. The number of halogens is 1. The molecule has 3 rings (SSSR count). The van der Waals surface area contributed by atoms with Gasteiger partial charge in [-0.2, -0.15) is 16.3 Å². The van der Waals surface area contributed by atoms with Crippen LogP contribution in [0.15, 0.2) is 26.4 Å². The standard InChI is InChI=1S/C19H24ClN5O4S/c1-2-3-4-8-24-15-14(21-17(20)22-15)16(26)25(18(24)27)9-5-7-23(19(28)29)11-13-6-10-30-12-13/h6,10,12H,2-5,7-9,11H2,1H3,(H,21,22)(H,28,29). The molecular weight excluding hydrogens is 430 g/mol. The largest absolute Gasteiger partial charge is 0.465 e. The van der Waals surface area contributed by atoms with E-state index in [2.05, 4.69) is 16.9 Å². The van der Waals surface area contributed by atoms with Crippen LogP contribution in [0, 0.1) is 0 Å². The molecule has 9 nitrogen and oxygen atoms in total. The second-order valence-electron chi connectivity index (χ2n) is 7.01. The summed E-state index contributed by atoms with van der Waals surface area (Å²) in [5, 5.41) is 13.3. The average molecular weight is 454 g/mol. The maximum atomic E-state index is 13.0. The Morgan fingerprint density at radius 1 is 1.27 bits per heavy atom. The van der Waals surface area contributed by atoms with Crippen molar-refractivity contribution in [2.24, 2.45) is 0 Å². The Hall–Kier alpha value is -2.59. The van der Waals surface area contributed by atoms with Crippen LogP contribution in [0.25, 0.3) is 11.2 Å². The number of H-pyrrole nitrogens is 1. The van der Waals surface area contributed by atoms with Crippen molar-refractivity contribution in [2.75, 3.05) is 6.54 Å². The minimum atomic E-state index is -1.04. The van der Waals surface area contributed by atoms with Crippen LogP contribution in [0.4, 0.5) is 4.79 Å². The summed E-state index contributed by atoms with van der Waals surface area (Å²) in [4.78, 5) is 45.4. The summed E-state index contributed by atoms with van der Waals surface area (Å²) in [6.07, 6.45) is 2.01. The Balaban J connectivity index is 1.81. The number of aromatic nitrogens is 4. The molecule has 0 aliphatic rings. The fraction of sp³-hybridized carbons (Fsp3) is 0.474. The van der Waals surface area contributed by atoms with Gasteiger partial charge in [-0.25, -0.2) is 9.59 Å². The monoisotopic (exact) mass is 453 g/mol. The number of carboxylic acid groups (broad SMARTS) is 1. The molecule has 0 aliphatic heterocycles. The summed E-state index contributed by atoms with van der Waals surface area (Å²) in [5.74, 6) is 0. The van der Waals surface area contributed by atoms with Crippen molar-refractivity contribution < 1.29 is 9.90 Å². The summed E-state index contributed by atoms with van der Waals surface area (Å²) < 4.78 is 2.60. The van der Waals surface area contributed by atoms with Crippen molar-refractivity contribution in [3.63, 3.8) is 0 Å². The molecule has 162 valence electrons. The molecule has 3 aromatic rings. The van der Waals surface area contributed by atoms with E-state index >= 15 is 0 Å². The Bertz CT molecular complexity index is 1120. The molecular formula is C19H24ClN5O4S. The third kappa shape index (κ3) is 4.93. The van der Waals surface area contributed by atoms with E-state index in [0.717, 1.165) is 29.4 Å². The molecule has 0 aliphatic carbocycles. The first-order valence-corrected chi connectivity index (χ1v) is 11.1. The number of hydrogen-bond acceptors (Lipinski definition) is 5. The maximum absolute atomic E-state index is 13.0. The van der Waals surface area contributed by atoms with Crippen LogP contribution in [0.3, 0.4) is 0 Å². The van der Waals surface area contributed by atoms with Crippen LogP contribution in [-0.2, 0) is 19.6 Å². The normalized spacial score (nSPS) is 11.3. The van der Waals surface area contributed by atoms with Gasteiger partial charge >= 0.3 is 11.8 Å². The van der Waals surface area contributed by atoms with Gasteiger partial charge < -0.3 is 15.0 Å². The van der Waals surface area contributed by atoms with E-state index in [-0.39, 0.29) is 36.1 Å². The fourth-order valence-corrected chi connectivity index (χ4v) is 4.16. The molecule has 0 aromatic carbocycles. The molecule has 3 heterocycles. The molecule has 30 heavy (non-hydrogen) atoms. The predicted octanol–water partition coefficient (Wildman–Crippen LogP) is 3.36. The molecule has 0 unspecified atom stereocenters. The molecule has 1 amide bonds. The van der Waals surface area contributed by atoms with Gasteiger partial charge in [0, 0.05) is 26.2 Å². The third-order valence-corrected chi connectivity index (χ3v) is 5.76. The van der Waals surface area contributed by atoms with Crippen LogP contribution in [-0.4, -0.2) is 41.7 Å². The van der Waals surface area contributed by atoms with Gasteiger partial charge in [-0.3, -0.25) is 13.9 Å². The highest BCUT2D eigenvalue weighted by atomic mass is 35.5. The van der Waals surface area contributed by atoms with E-state index in [4.69, 9.17) is 11.6 Å². The summed E-state index contributed by atoms with van der Waals surface area (Å²) >= 11 is 7.44. The van der Waals surface area contributed by atoms with E-state index in [9.17, 15) is 19.5 Å². The first-order valence-electron chi connectivity index (χ1n) is 9.80. The summed E-state index contributed by atoms with van der Waals surface area (Å²) in [6, 6.07) is 1.87. The number of unbranched alkanes of at least 4 members (excludes halogenated alkanes) is 2. The van der Waals surface area contributed by atoms with Gasteiger partial charge in [-0.1, -0.05) is 19.8 Å². The van der Waals surface area contributed by atoms with E-state index in [1.165, 1.54) is 20.8 Å². The quantitative estimate of drug-likeness (QED) is 0.361. The summed E-state index contributed by atoms with van der Waals surface area (Å²) in [5.41, 5.74) is 0.398. The molecule has 11 heteroatoms.